The van der Waals surface area contributed by atoms with Crippen LogP contribution in [0.25, 0.3) is 24.3 Å². The van der Waals surface area contributed by atoms with Crippen molar-refractivity contribution in [2.24, 2.45) is 0 Å². The van der Waals surface area contributed by atoms with Crippen molar-refractivity contribution in [2.45, 2.75) is 23.0 Å². The maximum absolute atomic E-state index is 6.78. The quantitative estimate of drug-likeness (QED) is 0.142. The van der Waals surface area contributed by atoms with Crippen LogP contribution in [-0.2, 0) is 23.0 Å². The van der Waals surface area contributed by atoms with E-state index in [1.165, 1.54) is 44.5 Å². The molecule has 7 aliphatic rings. The molecule has 0 fully saturated rings. The molecule has 0 nitrogen and oxygen atoms in total. The van der Waals surface area contributed by atoms with Crippen molar-refractivity contribution < 1.29 is 0 Å². The molecular weight excluding hydrogens is 805 g/mol. The van der Waals surface area contributed by atoms with Gasteiger partial charge in [0.05, 0.1) is 0 Å². The van der Waals surface area contributed by atoms with E-state index in [1.54, 1.807) is 0 Å². The summed E-state index contributed by atoms with van der Waals surface area (Å²) in [4.78, 5) is 0. The third-order valence-electron chi connectivity index (χ3n) is 6.85. The van der Waals surface area contributed by atoms with Crippen molar-refractivity contribution in [3.63, 3.8) is 0 Å². The molecule has 5 aromatic carbocycles. The van der Waals surface area contributed by atoms with Gasteiger partial charge in [-0.2, -0.15) is 0 Å². The van der Waals surface area contributed by atoms with Crippen LogP contribution in [-0.4, -0.2) is 22.8 Å². The van der Waals surface area contributed by atoms with Gasteiger partial charge in [-0.1, -0.05) is 36.4 Å². The fraction of sp³-hybridized carbons (Fsp3) is 0.105. The first kappa shape index (κ1) is 36.0. The van der Waals surface area contributed by atoms with Gasteiger partial charge in [-0.25, -0.2) is 0 Å². The van der Waals surface area contributed by atoms with E-state index in [9.17, 15) is 0 Å². The van der Waals surface area contributed by atoms with Crippen molar-refractivity contribution in [1.29, 1.82) is 0 Å². The van der Waals surface area contributed by atoms with Crippen molar-refractivity contribution >= 4 is 107 Å². The summed E-state index contributed by atoms with van der Waals surface area (Å²) in [7, 11) is 21.3. The molecule has 46 heavy (non-hydrogen) atoms. The maximum atomic E-state index is 6.78. The summed E-state index contributed by atoms with van der Waals surface area (Å²) in [6.45, 7) is 0. The zero-order chi connectivity index (χ0) is 31.8. The first-order chi connectivity index (χ1) is 22.6. The Balaban J connectivity index is 0.000000624. The second-order valence-corrected chi connectivity index (χ2v) is 38.4. The molecule has 0 unspecified atom stereocenters. The predicted octanol–water partition coefficient (Wildman–Crippen LogP) is 12.8. The Labute approximate surface area is 305 Å². The topological polar surface area (TPSA) is 0 Å². The van der Waals surface area contributed by atoms with Gasteiger partial charge in [-0.3, -0.25) is 0 Å². The van der Waals surface area contributed by atoms with E-state index in [1.807, 2.05) is 76.5 Å². The van der Waals surface area contributed by atoms with Gasteiger partial charge in [0.1, 0.15) is 0 Å². The Morgan fingerprint density at radius 3 is 0.717 bits per heavy atom. The van der Waals surface area contributed by atoms with Crippen LogP contribution in [0.2, 0.25) is 0 Å². The standard InChI is InChI=1S/C32H28As2Cl2S4.C6H6/c35-33-37-21-29-13-5-25(6-14-29)1-2-26-7-15-30(16-8-26)22-38-34(36)40-24-32-19-11-28(12-20-32)4-3-27-9-17-31(18-10-27)23-39-33;1-2-4-6-5-3-1/h1-20H,21-24H2;1-6H/b2-1+,4-3+;. The molecule has 0 aromatic heterocycles. The van der Waals surface area contributed by atoms with Gasteiger partial charge in [0.15, 0.2) is 0 Å². The van der Waals surface area contributed by atoms with Gasteiger partial charge < -0.3 is 0 Å². The van der Waals surface area contributed by atoms with Crippen LogP contribution in [0.4, 0.5) is 0 Å². The molecule has 0 aliphatic carbocycles. The maximum Gasteiger partial charge on any atom is -0.0623 e. The summed E-state index contributed by atoms with van der Waals surface area (Å²) in [5.41, 5.74) is 10.2. The second-order valence-electron chi connectivity index (χ2n) is 10.3. The molecule has 0 saturated heterocycles. The summed E-state index contributed by atoms with van der Waals surface area (Å²) in [6.07, 6.45) is 8.73. The molecule has 5 aromatic rings. The summed E-state index contributed by atoms with van der Waals surface area (Å²) in [5, 5.41) is 0. The minimum Gasteiger partial charge on any atom is -0.0623 e. The van der Waals surface area contributed by atoms with Crippen LogP contribution < -0.4 is 0 Å². The van der Waals surface area contributed by atoms with Gasteiger partial charge in [0, 0.05) is 0 Å². The average Bonchev–Trinajstić information content (AvgIpc) is 3.12. The average molecular weight is 840 g/mol. The predicted molar refractivity (Wildman–Crippen MR) is 218 cm³/mol. The Morgan fingerprint density at radius 2 is 0.522 bits per heavy atom. The number of benzene rings is 5. The zero-order valence-electron chi connectivity index (χ0n) is 25.1. The van der Waals surface area contributed by atoms with E-state index >= 15 is 0 Å². The Kier molecular flexibility index (Phi) is 15.8. The molecule has 0 N–H and O–H groups in total. The third-order valence-corrected chi connectivity index (χ3v) is 30.5. The van der Waals surface area contributed by atoms with Crippen molar-refractivity contribution in [3.05, 3.63) is 178 Å². The minimum atomic E-state index is -1.49. The molecule has 0 radical (unpaired) electrons. The fourth-order valence-electron chi connectivity index (χ4n) is 4.25. The van der Waals surface area contributed by atoms with Gasteiger partial charge >= 0.3 is 272 Å². The second kappa shape index (κ2) is 20.2. The van der Waals surface area contributed by atoms with Crippen molar-refractivity contribution in [1.82, 2.24) is 0 Å². The summed E-state index contributed by atoms with van der Waals surface area (Å²) < 4.78 is 0. The van der Waals surface area contributed by atoms with Crippen LogP contribution in [0.1, 0.15) is 44.5 Å². The number of hydrogen-bond acceptors (Lipinski definition) is 4. The largest absolute Gasteiger partial charge is 0.0623 e. The smallest absolute Gasteiger partial charge is 0.0623 e. The van der Waals surface area contributed by atoms with E-state index in [0.29, 0.717) is 0 Å². The summed E-state index contributed by atoms with van der Waals surface area (Å²) >= 11 is -2.99. The van der Waals surface area contributed by atoms with Gasteiger partial charge in [0.2, 0.25) is 0 Å². The van der Waals surface area contributed by atoms with Crippen LogP contribution in [0.3, 0.4) is 0 Å². The number of hydrogen-bond donors (Lipinski definition) is 0. The third kappa shape index (κ3) is 13.3. The van der Waals surface area contributed by atoms with Crippen LogP contribution in [0.5, 0.6) is 0 Å². The zero-order valence-corrected chi connectivity index (χ0v) is 33.7. The van der Waals surface area contributed by atoms with E-state index in [2.05, 4.69) is 121 Å². The molecule has 7 aliphatic heterocycles. The molecule has 0 spiro atoms. The minimum absolute atomic E-state index is 0.968. The molecule has 8 bridgehead atoms. The molecule has 7 heterocycles. The van der Waals surface area contributed by atoms with Gasteiger partial charge in [-0.05, 0) is 0 Å². The Morgan fingerprint density at radius 1 is 0.326 bits per heavy atom. The van der Waals surface area contributed by atoms with E-state index < -0.39 is 22.8 Å². The molecule has 0 amide bonds. The SMILES string of the molecule is Cl[As]1SCc2ccc(cc2)/C=C/c2ccc(cc2)CS[As](Cl)SCc2ccc(cc2)/C=C/c2ccc(cc2)CS1.c1ccccc1. The van der Waals surface area contributed by atoms with E-state index in [0.717, 1.165) is 23.0 Å². The van der Waals surface area contributed by atoms with Gasteiger partial charge in [-0.15, -0.1) is 0 Å². The molecule has 8 heteroatoms. The number of halogens is 2. The molecule has 12 rings (SSSR count). The van der Waals surface area contributed by atoms with Crippen LogP contribution in [0, 0.1) is 0 Å². The first-order valence-corrected chi connectivity index (χ1v) is 32.6. The van der Waals surface area contributed by atoms with Crippen LogP contribution >= 0.6 is 60.0 Å². The van der Waals surface area contributed by atoms with E-state index in [-0.39, 0.29) is 0 Å². The fourth-order valence-corrected chi connectivity index (χ4v) is 22.1. The van der Waals surface area contributed by atoms with Crippen LogP contribution in [0.15, 0.2) is 133 Å². The molecule has 0 atom stereocenters. The normalized spacial score (nSPS) is 18.7. The van der Waals surface area contributed by atoms with Gasteiger partial charge in [0.25, 0.3) is 0 Å². The Bertz CT molecular complexity index is 1400. The molecule has 0 saturated carbocycles. The number of rotatable bonds is 0. The van der Waals surface area contributed by atoms with E-state index in [4.69, 9.17) is 19.9 Å². The van der Waals surface area contributed by atoms with Crippen molar-refractivity contribution in [3.8, 4) is 0 Å². The van der Waals surface area contributed by atoms with Crippen molar-refractivity contribution in [2.75, 3.05) is 0 Å². The first-order valence-electron chi connectivity index (χ1n) is 14.7. The monoisotopic (exact) mass is 838 g/mol. The Hall–Kier alpha value is -1.32. The summed E-state index contributed by atoms with van der Waals surface area (Å²) in [6, 6.07) is 47.4. The molecular formula is C38H34As2Cl2S4. The molecule has 234 valence electrons. The summed E-state index contributed by atoms with van der Waals surface area (Å²) in [5.74, 6) is 3.87.